The molecule has 2 aliphatic rings. The molecule has 2 aromatic carbocycles. The molecule has 31 heavy (non-hydrogen) atoms. The Kier molecular flexibility index (Phi) is 6.89. The van der Waals surface area contributed by atoms with Crippen LogP contribution in [0, 0.1) is 0 Å². The Morgan fingerprint density at radius 2 is 1.71 bits per heavy atom. The number of rotatable bonds is 5. The Hall–Kier alpha value is -2.42. The normalized spacial score (nSPS) is 19.7. The molecule has 162 valence electrons. The van der Waals surface area contributed by atoms with Crippen LogP contribution in [-0.2, 0) is 16.1 Å². The predicted molar refractivity (Wildman–Crippen MR) is 127 cm³/mol. The second-order valence-corrected chi connectivity index (χ2v) is 9.43. The summed E-state index contributed by atoms with van der Waals surface area (Å²) in [5, 5.41) is -0.468. The molecule has 2 aromatic rings. The lowest BCUT2D eigenvalue weighted by molar-refractivity contribution is -0.121. The van der Waals surface area contributed by atoms with Gasteiger partial charge in [0.15, 0.2) is 0 Å². The number of anilines is 1. The average molecular weight is 456 g/mol. The molecule has 0 saturated carbocycles. The standard InChI is InChI=1S/C23H25N3O3S2/c1-29-19-9-7-18(8-10-19)26-21(27)15-20(22(26)28)31-23(30)25-13-11-24(12-14-25)16-17-5-3-2-4-6-17/h2-10,20H,11-16H2,1H3. The van der Waals surface area contributed by atoms with E-state index in [2.05, 4.69) is 34.1 Å². The number of carbonyl (C=O) groups is 2. The van der Waals surface area contributed by atoms with E-state index < -0.39 is 5.25 Å². The number of imide groups is 1. The van der Waals surface area contributed by atoms with Crippen LogP contribution in [0.3, 0.4) is 0 Å². The third-order valence-electron chi connectivity index (χ3n) is 5.56. The van der Waals surface area contributed by atoms with Gasteiger partial charge in [-0.05, 0) is 29.8 Å². The van der Waals surface area contributed by atoms with Crippen LogP contribution >= 0.6 is 24.0 Å². The zero-order valence-corrected chi connectivity index (χ0v) is 19.0. The average Bonchev–Trinajstić information content (AvgIpc) is 3.07. The molecule has 2 amide bonds. The number of hydrogen-bond donors (Lipinski definition) is 0. The number of nitrogens with zero attached hydrogens (tertiary/aromatic N) is 3. The van der Waals surface area contributed by atoms with Crippen LogP contribution in [0.2, 0.25) is 0 Å². The molecule has 6 nitrogen and oxygen atoms in total. The zero-order valence-electron chi connectivity index (χ0n) is 17.4. The molecular formula is C23H25N3O3S2. The van der Waals surface area contributed by atoms with Gasteiger partial charge in [0.25, 0.3) is 0 Å². The molecule has 1 unspecified atom stereocenters. The van der Waals surface area contributed by atoms with E-state index in [1.54, 1.807) is 31.4 Å². The summed E-state index contributed by atoms with van der Waals surface area (Å²) >= 11 is 6.97. The summed E-state index contributed by atoms with van der Waals surface area (Å²) in [6, 6.07) is 17.4. The fourth-order valence-electron chi connectivity index (χ4n) is 3.83. The molecule has 2 saturated heterocycles. The maximum atomic E-state index is 12.9. The van der Waals surface area contributed by atoms with Gasteiger partial charge in [-0.1, -0.05) is 54.3 Å². The van der Waals surface area contributed by atoms with Crippen molar-refractivity contribution in [1.29, 1.82) is 0 Å². The van der Waals surface area contributed by atoms with Gasteiger partial charge in [-0.3, -0.25) is 14.5 Å². The van der Waals surface area contributed by atoms with Crippen LogP contribution in [0.15, 0.2) is 54.6 Å². The minimum absolute atomic E-state index is 0.170. The number of piperazine rings is 1. The summed E-state index contributed by atoms with van der Waals surface area (Å²) in [6.45, 7) is 4.43. The number of methoxy groups -OCH3 is 1. The van der Waals surface area contributed by atoms with E-state index >= 15 is 0 Å². The maximum absolute atomic E-state index is 12.9. The van der Waals surface area contributed by atoms with Crippen molar-refractivity contribution in [2.75, 3.05) is 38.2 Å². The second kappa shape index (κ2) is 9.80. The van der Waals surface area contributed by atoms with E-state index in [0.29, 0.717) is 15.8 Å². The van der Waals surface area contributed by atoms with Gasteiger partial charge < -0.3 is 9.64 Å². The van der Waals surface area contributed by atoms with Crippen LogP contribution in [-0.4, -0.2) is 64.5 Å². The largest absolute Gasteiger partial charge is 0.497 e. The molecule has 1 atom stereocenters. The van der Waals surface area contributed by atoms with Crippen molar-refractivity contribution < 1.29 is 14.3 Å². The highest BCUT2D eigenvalue weighted by molar-refractivity contribution is 8.23. The number of benzene rings is 2. The summed E-state index contributed by atoms with van der Waals surface area (Å²) in [5.74, 6) is 0.287. The van der Waals surface area contributed by atoms with Crippen molar-refractivity contribution in [2.24, 2.45) is 0 Å². The monoisotopic (exact) mass is 455 g/mol. The van der Waals surface area contributed by atoms with Crippen LogP contribution in [0.1, 0.15) is 12.0 Å². The lowest BCUT2D eigenvalue weighted by Crippen LogP contribution is -2.47. The van der Waals surface area contributed by atoms with Gasteiger partial charge in [0.1, 0.15) is 15.3 Å². The van der Waals surface area contributed by atoms with Gasteiger partial charge in [-0.15, -0.1) is 0 Å². The highest BCUT2D eigenvalue weighted by Gasteiger charge is 2.41. The molecule has 4 rings (SSSR count). The van der Waals surface area contributed by atoms with Crippen molar-refractivity contribution in [1.82, 2.24) is 9.80 Å². The predicted octanol–water partition coefficient (Wildman–Crippen LogP) is 3.16. The summed E-state index contributed by atoms with van der Waals surface area (Å²) in [7, 11) is 1.58. The Morgan fingerprint density at radius 3 is 2.35 bits per heavy atom. The van der Waals surface area contributed by atoms with Crippen LogP contribution in [0.4, 0.5) is 5.69 Å². The number of ether oxygens (including phenoxy) is 1. The van der Waals surface area contributed by atoms with E-state index in [0.717, 1.165) is 32.7 Å². The molecule has 0 N–H and O–H groups in total. The number of amides is 2. The van der Waals surface area contributed by atoms with Gasteiger partial charge in [0.05, 0.1) is 12.8 Å². The number of hydrogen-bond acceptors (Lipinski definition) is 6. The quantitative estimate of drug-likeness (QED) is 0.507. The zero-order chi connectivity index (χ0) is 21.8. The molecule has 0 spiro atoms. The Balaban J connectivity index is 1.30. The number of carbonyl (C=O) groups excluding carboxylic acids is 2. The van der Waals surface area contributed by atoms with Crippen LogP contribution in [0.25, 0.3) is 0 Å². The molecule has 0 bridgehead atoms. The molecule has 0 aliphatic carbocycles. The molecule has 0 aromatic heterocycles. The Labute approximate surface area is 192 Å². The fraction of sp³-hybridized carbons (Fsp3) is 0.348. The third-order valence-corrected chi connectivity index (χ3v) is 7.22. The van der Waals surface area contributed by atoms with Gasteiger partial charge in [0, 0.05) is 39.1 Å². The third kappa shape index (κ3) is 5.08. The summed E-state index contributed by atoms with van der Waals surface area (Å²) in [6.07, 6.45) is 0.170. The first-order chi connectivity index (χ1) is 15.0. The first-order valence-electron chi connectivity index (χ1n) is 10.3. The van der Waals surface area contributed by atoms with Crippen molar-refractivity contribution in [2.45, 2.75) is 18.2 Å². The molecule has 2 heterocycles. The van der Waals surface area contributed by atoms with E-state index in [4.69, 9.17) is 17.0 Å². The van der Waals surface area contributed by atoms with Crippen molar-refractivity contribution in [3.63, 3.8) is 0 Å². The minimum Gasteiger partial charge on any atom is -0.497 e. The first-order valence-corrected chi connectivity index (χ1v) is 11.6. The number of thioether (sulfide) groups is 1. The van der Waals surface area contributed by atoms with E-state index in [-0.39, 0.29) is 18.2 Å². The first kappa shape index (κ1) is 21.8. The van der Waals surface area contributed by atoms with Gasteiger partial charge in [-0.25, -0.2) is 4.90 Å². The lowest BCUT2D eigenvalue weighted by Gasteiger charge is -2.36. The summed E-state index contributed by atoms with van der Waals surface area (Å²) in [5.41, 5.74) is 1.88. The fourth-order valence-corrected chi connectivity index (χ4v) is 5.36. The molecule has 0 radical (unpaired) electrons. The highest BCUT2D eigenvalue weighted by atomic mass is 32.2. The Morgan fingerprint density at radius 1 is 1.03 bits per heavy atom. The Bertz CT molecular complexity index is 944. The molecular weight excluding hydrogens is 430 g/mol. The summed E-state index contributed by atoms with van der Waals surface area (Å²) in [4.78, 5) is 31.3. The second-order valence-electron chi connectivity index (χ2n) is 7.59. The van der Waals surface area contributed by atoms with E-state index in [1.807, 2.05) is 6.07 Å². The van der Waals surface area contributed by atoms with E-state index in [9.17, 15) is 9.59 Å². The van der Waals surface area contributed by atoms with E-state index in [1.165, 1.54) is 22.2 Å². The molecule has 8 heteroatoms. The van der Waals surface area contributed by atoms with Crippen LogP contribution in [0.5, 0.6) is 5.75 Å². The highest BCUT2D eigenvalue weighted by Crippen LogP contribution is 2.32. The SMILES string of the molecule is COc1ccc(N2C(=O)CC(SC(=S)N3CCN(Cc4ccccc4)CC3)C2=O)cc1. The maximum Gasteiger partial charge on any atom is 0.247 e. The molecule has 2 fully saturated rings. The van der Waals surface area contributed by atoms with Gasteiger partial charge in [-0.2, -0.15) is 0 Å². The van der Waals surface area contributed by atoms with Crippen LogP contribution < -0.4 is 9.64 Å². The summed E-state index contributed by atoms with van der Waals surface area (Å²) < 4.78 is 5.84. The van der Waals surface area contributed by atoms with Crippen molar-refractivity contribution in [3.05, 3.63) is 60.2 Å². The topological polar surface area (TPSA) is 53.1 Å². The number of thiocarbonyl (C=S) groups is 1. The van der Waals surface area contributed by atoms with Gasteiger partial charge >= 0.3 is 0 Å². The van der Waals surface area contributed by atoms with Gasteiger partial charge in [0.2, 0.25) is 11.8 Å². The molecule has 2 aliphatic heterocycles. The smallest absolute Gasteiger partial charge is 0.247 e. The van der Waals surface area contributed by atoms with Crippen molar-refractivity contribution in [3.8, 4) is 5.75 Å². The minimum atomic E-state index is -0.468. The van der Waals surface area contributed by atoms with Crippen molar-refractivity contribution >= 4 is 45.8 Å². The lowest BCUT2D eigenvalue weighted by atomic mass is 10.2.